The smallest absolute Gasteiger partial charge is 0.319 e. The molecule has 1 unspecified atom stereocenters. The summed E-state index contributed by atoms with van der Waals surface area (Å²) in [6, 6.07) is 14.2. The predicted octanol–water partition coefficient (Wildman–Crippen LogP) is 2.23. The van der Waals surface area contributed by atoms with Crippen LogP contribution in [0.4, 0.5) is 9.18 Å². The van der Waals surface area contributed by atoms with Crippen molar-refractivity contribution in [1.29, 1.82) is 0 Å². The van der Waals surface area contributed by atoms with Crippen LogP contribution < -0.4 is 5.32 Å². The molecule has 0 aromatic heterocycles. The number of hydrogen-bond donors (Lipinski definition) is 1. The Kier molecular flexibility index (Phi) is 4.62. The van der Waals surface area contributed by atoms with Crippen molar-refractivity contribution < 1.29 is 18.8 Å². The van der Waals surface area contributed by atoms with Gasteiger partial charge in [0.2, 0.25) is 0 Å². The van der Waals surface area contributed by atoms with Gasteiger partial charge in [-0.15, -0.1) is 0 Å². The molecule has 7 nitrogen and oxygen atoms in total. The van der Waals surface area contributed by atoms with E-state index in [0.717, 1.165) is 16.2 Å². The van der Waals surface area contributed by atoms with Gasteiger partial charge in [-0.05, 0) is 30.2 Å². The van der Waals surface area contributed by atoms with Gasteiger partial charge < -0.3 is 5.32 Å². The predicted molar refractivity (Wildman–Crippen MR) is 103 cm³/mol. The Morgan fingerprint density at radius 1 is 1.14 bits per heavy atom. The molecule has 29 heavy (non-hydrogen) atoms. The van der Waals surface area contributed by atoms with Crippen molar-refractivity contribution in [2.75, 3.05) is 13.1 Å². The Morgan fingerprint density at radius 3 is 2.52 bits per heavy atom. The summed E-state index contributed by atoms with van der Waals surface area (Å²) in [5.74, 6) is -1.45. The van der Waals surface area contributed by atoms with Crippen LogP contribution in [0, 0.1) is 5.82 Å². The SMILES string of the molecule is CC1(c2ccc(F)cc2)NC(=O)N(CC(=O)N2CCC(c3ccccc3)=N2)C1=O. The number of amides is 4. The normalized spacial score (nSPS) is 21.4. The molecule has 1 atom stereocenters. The van der Waals surface area contributed by atoms with E-state index in [9.17, 15) is 18.8 Å². The first kappa shape index (κ1) is 18.8. The van der Waals surface area contributed by atoms with Crippen LogP contribution >= 0.6 is 0 Å². The molecule has 8 heteroatoms. The molecule has 2 aromatic carbocycles. The van der Waals surface area contributed by atoms with Crippen LogP contribution in [0.3, 0.4) is 0 Å². The molecule has 0 saturated carbocycles. The number of imide groups is 1. The van der Waals surface area contributed by atoms with Crippen LogP contribution in [-0.4, -0.2) is 46.6 Å². The Bertz CT molecular complexity index is 1010. The first-order valence-corrected chi connectivity index (χ1v) is 9.22. The molecule has 4 amide bonds. The zero-order valence-electron chi connectivity index (χ0n) is 15.8. The zero-order chi connectivity index (χ0) is 20.6. The lowest BCUT2D eigenvalue weighted by atomic mass is 9.92. The minimum absolute atomic E-state index is 0.391. The van der Waals surface area contributed by atoms with E-state index in [-0.39, 0.29) is 0 Å². The van der Waals surface area contributed by atoms with Crippen LogP contribution in [0.5, 0.6) is 0 Å². The quantitative estimate of drug-likeness (QED) is 0.808. The van der Waals surface area contributed by atoms with Gasteiger partial charge in [0.15, 0.2) is 0 Å². The minimum atomic E-state index is -1.35. The van der Waals surface area contributed by atoms with Gasteiger partial charge >= 0.3 is 6.03 Å². The highest BCUT2D eigenvalue weighted by Crippen LogP contribution is 2.29. The van der Waals surface area contributed by atoms with Crippen LogP contribution in [0.15, 0.2) is 59.7 Å². The Labute approximate surface area is 166 Å². The highest BCUT2D eigenvalue weighted by atomic mass is 19.1. The van der Waals surface area contributed by atoms with Gasteiger partial charge in [-0.3, -0.25) is 14.5 Å². The summed E-state index contributed by atoms with van der Waals surface area (Å²) in [6.45, 7) is 1.52. The lowest BCUT2D eigenvalue weighted by Crippen LogP contribution is -2.43. The second-order valence-corrected chi connectivity index (χ2v) is 7.13. The molecular formula is C21H19FN4O3. The lowest BCUT2D eigenvalue weighted by molar-refractivity contribution is -0.138. The number of urea groups is 1. The monoisotopic (exact) mass is 394 g/mol. The minimum Gasteiger partial charge on any atom is -0.319 e. The number of halogens is 1. The van der Waals surface area contributed by atoms with Crippen LogP contribution in [0.2, 0.25) is 0 Å². The van der Waals surface area contributed by atoms with Gasteiger partial charge in [0.1, 0.15) is 17.9 Å². The van der Waals surface area contributed by atoms with Crippen molar-refractivity contribution in [3.63, 3.8) is 0 Å². The van der Waals surface area contributed by atoms with E-state index < -0.39 is 35.7 Å². The number of benzene rings is 2. The maximum Gasteiger partial charge on any atom is 0.325 e. The molecule has 2 aromatic rings. The van der Waals surface area contributed by atoms with Crippen molar-refractivity contribution in [2.24, 2.45) is 5.10 Å². The van der Waals surface area contributed by atoms with Crippen molar-refractivity contribution >= 4 is 23.6 Å². The summed E-state index contributed by atoms with van der Waals surface area (Å²) in [5, 5.41) is 8.24. The van der Waals surface area contributed by atoms with E-state index >= 15 is 0 Å². The molecule has 2 aliphatic rings. The molecule has 2 aliphatic heterocycles. The first-order valence-electron chi connectivity index (χ1n) is 9.22. The molecule has 0 bridgehead atoms. The van der Waals surface area contributed by atoms with Crippen LogP contribution in [0.25, 0.3) is 0 Å². The number of hydrogen-bond acceptors (Lipinski definition) is 4. The molecule has 0 radical (unpaired) electrons. The lowest BCUT2D eigenvalue weighted by Gasteiger charge is -2.22. The average Bonchev–Trinajstić information content (AvgIpc) is 3.29. The molecule has 148 valence electrons. The number of hydrazone groups is 1. The summed E-state index contributed by atoms with van der Waals surface area (Å²) in [6.07, 6.45) is 0.600. The van der Waals surface area contributed by atoms with Crippen molar-refractivity contribution in [3.8, 4) is 0 Å². The fourth-order valence-electron chi connectivity index (χ4n) is 3.51. The van der Waals surface area contributed by atoms with Crippen molar-refractivity contribution in [1.82, 2.24) is 15.2 Å². The Balaban J connectivity index is 1.49. The molecule has 2 heterocycles. The van der Waals surface area contributed by atoms with Crippen LogP contribution in [-0.2, 0) is 15.1 Å². The van der Waals surface area contributed by atoms with Gasteiger partial charge in [0.25, 0.3) is 11.8 Å². The van der Waals surface area contributed by atoms with E-state index in [0.29, 0.717) is 18.5 Å². The van der Waals surface area contributed by atoms with Gasteiger partial charge in [-0.2, -0.15) is 5.10 Å². The van der Waals surface area contributed by atoms with E-state index in [1.165, 1.54) is 36.2 Å². The van der Waals surface area contributed by atoms with E-state index in [4.69, 9.17) is 0 Å². The van der Waals surface area contributed by atoms with Gasteiger partial charge in [-0.1, -0.05) is 42.5 Å². The van der Waals surface area contributed by atoms with E-state index in [1.54, 1.807) is 0 Å². The summed E-state index contributed by atoms with van der Waals surface area (Å²) >= 11 is 0. The van der Waals surface area contributed by atoms with Gasteiger partial charge in [0.05, 0.1) is 12.3 Å². The zero-order valence-corrected chi connectivity index (χ0v) is 15.8. The largest absolute Gasteiger partial charge is 0.325 e. The number of rotatable bonds is 4. The Morgan fingerprint density at radius 2 is 1.83 bits per heavy atom. The summed E-state index contributed by atoms with van der Waals surface area (Å²) in [7, 11) is 0. The maximum atomic E-state index is 13.2. The highest BCUT2D eigenvalue weighted by Gasteiger charge is 2.49. The summed E-state index contributed by atoms with van der Waals surface area (Å²) in [5.41, 5.74) is 0.806. The molecule has 0 aliphatic carbocycles. The fourth-order valence-corrected chi connectivity index (χ4v) is 3.51. The molecule has 0 spiro atoms. The molecule has 1 fully saturated rings. The third kappa shape index (κ3) is 3.37. The Hall–Kier alpha value is -3.55. The molecule has 4 rings (SSSR count). The van der Waals surface area contributed by atoms with E-state index in [2.05, 4.69) is 10.4 Å². The topological polar surface area (TPSA) is 82.1 Å². The number of carbonyl (C=O) groups excluding carboxylic acids is 3. The fraction of sp³-hybridized carbons (Fsp3) is 0.238. The third-order valence-corrected chi connectivity index (χ3v) is 5.19. The number of carbonyl (C=O) groups is 3. The average molecular weight is 394 g/mol. The van der Waals surface area contributed by atoms with Crippen molar-refractivity contribution in [3.05, 3.63) is 71.5 Å². The molecular weight excluding hydrogens is 375 g/mol. The van der Waals surface area contributed by atoms with Gasteiger partial charge in [0, 0.05) is 6.42 Å². The second-order valence-electron chi connectivity index (χ2n) is 7.13. The van der Waals surface area contributed by atoms with Crippen molar-refractivity contribution in [2.45, 2.75) is 18.9 Å². The number of nitrogens with one attached hydrogen (secondary N) is 1. The standard InChI is InChI=1S/C21H19FN4O3/c1-21(15-7-9-16(22)10-8-15)19(28)25(20(29)23-21)13-18(27)26-12-11-17(24-26)14-5-3-2-4-6-14/h2-10H,11-13H2,1H3,(H,23,29). The molecule has 1 saturated heterocycles. The van der Waals surface area contributed by atoms with Gasteiger partial charge in [-0.25, -0.2) is 14.2 Å². The highest BCUT2D eigenvalue weighted by molar-refractivity contribution is 6.09. The second kappa shape index (κ2) is 7.12. The number of nitrogens with zero attached hydrogens (tertiary/aromatic N) is 3. The first-order chi connectivity index (χ1) is 13.9. The maximum absolute atomic E-state index is 13.2. The van der Waals surface area contributed by atoms with E-state index in [1.807, 2.05) is 30.3 Å². The summed E-state index contributed by atoms with van der Waals surface area (Å²) in [4.78, 5) is 38.8. The third-order valence-electron chi connectivity index (χ3n) is 5.19. The van der Waals surface area contributed by atoms with Crippen LogP contribution in [0.1, 0.15) is 24.5 Å². The summed E-state index contributed by atoms with van der Waals surface area (Å²) < 4.78 is 13.2. The molecule has 1 N–H and O–H groups in total.